The molecule has 1 N–H and O–H groups in total. The highest BCUT2D eigenvalue weighted by Gasteiger charge is 2.30. The van der Waals surface area contributed by atoms with Crippen LogP contribution in [0.25, 0.3) is 0 Å². The summed E-state index contributed by atoms with van der Waals surface area (Å²) in [5.41, 5.74) is 0.627. The molecule has 1 aliphatic rings. The van der Waals surface area contributed by atoms with Gasteiger partial charge in [0.1, 0.15) is 5.82 Å². The highest BCUT2D eigenvalue weighted by molar-refractivity contribution is 7.85. The van der Waals surface area contributed by atoms with Crippen molar-refractivity contribution in [2.24, 2.45) is 0 Å². The largest absolute Gasteiger partial charge is 0.306 e. The van der Waals surface area contributed by atoms with Crippen molar-refractivity contribution in [1.29, 1.82) is 0 Å². The van der Waals surface area contributed by atoms with Gasteiger partial charge in [-0.05, 0) is 26.3 Å². The van der Waals surface area contributed by atoms with Crippen LogP contribution >= 0.6 is 0 Å². The van der Waals surface area contributed by atoms with Crippen LogP contribution in [0.1, 0.15) is 31.9 Å². The van der Waals surface area contributed by atoms with Crippen molar-refractivity contribution in [2.45, 2.75) is 37.6 Å². The standard InChI is InChI=1S/C13H18FNOS/c1-9-7-8-17(16)10(2)13(15-9)11-5-3-4-6-12(11)14/h3-6,9-10,13,15H,7-8H2,1-2H3. The van der Waals surface area contributed by atoms with Gasteiger partial charge in [-0.25, -0.2) is 4.39 Å². The molecule has 1 aliphatic heterocycles. The van der Waals surface area contributed by atoms with Gasteiger partial charge in [0.2, 0.25) is 0 Å². The minimum absolute atomic E-state index is 0.0585. The number of hydrogen-bond acceptors (Lipinski definition) is 2. The summed E-state index contributed by atoms with van der Waals surface area (Å²) < 4.78 is 25.8. The van der Waals surface area contributed by atoms with Crippen molar-refractivity contribution in [2.75, 3.05) is 5.75 Å². The summed E-state index contributed by atoms with van der Waals surface area (Å²) in [4.78, 5) is 0. The summed E-state index contributed by atoms with van der Waals surface area (Å²) in [5, 5.41) is 3.32. The average Bonchev–Trinajstić information content (AvgIpc) is 2.44. The van der Waals surface area contributed by atoms with E-state index >= 15 is 0 Å². The minimum atomic E-state index is -0.891. The molecule has 1 saturated heterocycles. The zero-order valence-electron chi connectivity index (χ0n) is 10.2. The molecule has 94 valence electrons. The lowest BCUT2D eigenvalue weighted by Gasteiger charge is -2.24. The molecule has 1 fully saturated rings. The first kappa shape index (κ1) is 12.7. The third-order valence-electron chi connectivity index (χ3n) is 3.34. The first-order chi connectivity index (χ1) is 8.09. The van der Waals surface area contributed by atoms with Crippen molar-refractivity contribution in [3.63, 3.8) is 0 Å². The van der Waals surface area contributed by atoms with Gasteiger partial charge >= 0.3 is 0 Å². The third kappa shape index (κ3) is 2.75. The van der Waals surface area contributed by atoms with Crippen LogP contribution in [-0.2, 0) is 10.8 Å². The lowest BCUT2D eigenvalue weighted by molar-refractivity contribution is 0.439. The molecule has 0 spiro atoms. The van der Waals surface area contributed by atoms with E-state index in [1.165, 1.54) is 6.07 Å². The maximum absolute atomic E-state index is 13.8. The Hall–Kier alpha value is -0.740. The van der Waals surface area contributed by atoms with Crippen LogP contribution in [0.2, 0.25) is 0 Å². The van der Waals surface area contributed by atoms with Crippen molar-refractivity contribution in [3.8, 4) is 0 Å². The summed E-state index contributed by atoms with van der Waals surface area (Å²) in [7, 11) is -0.891. The molecule has 2 rings (SSSR count). The Morgan fingerprint density at radius 1 is 1.35 bits per heavy atom. The average molecular weight is 255 g/mol. The Bertz CT molecular complexity index is 424. The van der Waals surface area contributed by atoms with Gasteiger partial charge < -0.3 is 5.32 Å². The van der Waals surface area contributed by atoms with Gasteiger partial charge in [0, 0.05) is 34.2 Å². The Labute approximate surface area is 104 Å². The van der Waals surface area contributed by atoms with Gasteiger partial charge in [0.25, 0.3) is 0 Å². The summed E-state index contributed by atoms with van der Waals surface area (Å²) >= 11 is 0. The quantitative estimate of drug-likeness (QED) is 0.835. The summed E-state index contributed by atoms with van der Waals surface area (Å²) in [6, 6.07) is 6.86. The van der Waals surface area contributed by atoms with E-state index in [0.717, 1.165) is 6.42 Å². The molecule has 2 nitrogen and oxygen atoms in total. The van der Waals surface area contributed by atoms with Crippen LogP contribution in [0.15, 0.2) is 24.3 Å². The Morgan fingerprint density at radius 3 is 2.76 bits per heavy atom. The molecular formula is C13H18FNOS. The van der Waals surface area contributed by atoms with E-state index in [9.17, 15) is 8.60 Å². The summed E-state index contributed by atoms with van der Waals surface area (Å²) in [6.45, 7) is 3.99. The first-order valence-corrected chi connectivity index (χ1v) is 7.35. The van der Waals surface area contributed by atoms with Crippen molar-refractivity contribution in [1.82, 2.24) is 5.32 Å². The molecule has 4 unspecified atom stereocenters. The van der Waals surface area contributed by atoms with Crippen molar-refractivity contribution in [3.05, 3.63) is 35.6 Å². The molecule has 17 heavy (non-hydrogen) atoms. The van der Waals surface area contributed by atoms with E-state index in [4.69, 9.17) is 0 Å². The lowest BCUT2D eigenvalue weighted by Crippen LogP contribution is -2.35. The Kier molecular flexibility index (Phi) is 3.94. The molecule has 0 bridgehead atoms. The topological polar surface area (TPSA) is 29.1 Å². The van der Waals surface area contributed by atoms with E-state index in [1.807, 2.05) is 13.0 Å². The molecular weight excluding hydrogens is 237 g/mol. The molecule has 0 aromatic heterocycles. The monoisotopic (exact) mass is 255 g/mol. The van der Waals surface area contributed by atoms with Gasteiger partial charge in [-0.3, -0.25) is 4.21 Å². The maximum atomic E-state index is 13.8. The second kappa shape index (κ2) is 5.27. The van der Waals surface area contributed by atoms with Crippen LogP contribution in [-0.4, -0.2) is 21.3 Å². The molecule has 1 aromatic rings. The van der Waals surface area contributed by atoms with Crippen LogP contribution in [0.3, 0.4) is 0 Å². The van der Waals surface area contributed by atoms with Crippen molar-refractivity contribution >= 4 is 10.8 Å². The number of benzene rings is 1. The zero-order valence-corrected chi connectivity index (χ0v) is 11.0. The molecule has 0 radical (unpaired) electrons. The first-order valence-electron chi connectivity index (χ1n) is 5.97. The van der Waals surface area contributed by atoms with Crippen molar-refractivity contribution < 1.29 is 8.60 Å². The molecule has 4 atom stereocenters. The van der Waals surface area contributed by atoms with Gasteiger partial charge in [0.05, 0.1) is 5.25 Å². The van der Waals surface area contributed by atoms with Crippen LogP contribution in [0.4, 0.5) is 4.39 Å². The summed E-state index contributed by atoms with van der Waals surface area (Å²) in [6.07, 6.45) is 0.877. The molecule has 1 heterocycles. The number of halogens is 1. The Morgan fingerprint density at radius 2 is 2.06 bits per heavy atom. The fraction of sp³-hybridized carbons (Fsp3) is 0.538. The van der Waals surface area contributed by atoms with E-state index in [2.05, 4.69) is 12.2 Å². The zero-order chi connectivity index (χ0) is 12.4. The van der Waals surface area contributed by atoms with Crippen LogP contribution in [0, 0.1) is 5.82 Å². The number of nitrogens with one attached hydrogen (secondary N) is 1. The molecule has 1 aromatic carbocycles. The summed E-state index contributed by atoms with van der Waals surface area (Å²) in [5.74, 6) is 0.475. The molecule has 0 saturated carbocycles. The van der Waals surface area contributed by atoms with E-state index in [-0.39, 0.29) is 23.2 Å². The van der Waals surface area contributed by atoms with Crippen LogP contribution < -0.4 is 5.32 Å². The van der Waals surface area contributed by atoms with Crippen LogP contribution in [0.5, 0.6) is 0 Å². The maximum Gasteiger partial charge on any atom is 0.128 e. The normalized spacial score (nSPS) is 34.3. The minimum Gasteiger partial charge on any atom is -0.306 e. The van der Waals surface area contributed by atoms with E-state index < -0.39 is 10.8 Å². The van der Waals surface area contributed by atoms with E-state index in [0.29, 0.717) is 11.3 Å². The Balaban J connectivity index is 2.34. The fourth-order valence-electron chi connectivity index (χ4n) is 2.23. The predicted molar refractivity (Wildman–Crippen MR) is 68.8 cm³/mol. The van der Waals surface area contributed by atoms with Gasteiger partial charge in [-0.2, -0.15) is 0 Å². The molecule has 0 aliphatic carbocycles. The highest BCUT2D eigenvalue weighted by atomic mass is 32.2. The SMILES string of the molecule is CC1CCS(=O)C(C)C(c2ccccc2F)N1. The second-order valence-electron chi connectivity index (χ2n) is 4.65. The third-order valence-corrected chi connectivity index (χ3v) is 5.08. The second-order valence-corrected chi connectivity index (χ2v) is 6.56. The van der Waals surface area contributed by atoms with Gasteiger partial charge in [-0.1, -0.05) is 18.2 Å². The van der Waals surface area contributed by atoms with E-state index in [1.54, 1.807) is 12.1 Å². The fourth-order valence-corrected chi connectivity index (χ4v) is 3.71. The van der Waals surface area contributed by atoms with Gasteiger partial charge in [0.15, 0.2) is 0 Å². The molecule has 4 heteroatoms. The molecule has 0 amide bonds. The number of hydrogen-bond donors (Lipinski definition) is 1. The highest BCUT2D eigenvalue weighted by Crippen LogP contribution is 2.26. The smallest absolute Gasteiger partial charge is 0.128 e. The van der Waals surface area contributed by atoms with Gasteiger partial charge in [-0.15, -0.1) is 0 Å². The lowest BCUT2D eigenvalue weighted by atomic mass is 10.0. The number of rotatable bonds is 1. The predicted octanol–water partition coefficient (Wildman–Crippen LogP) is 2.39.